The molecule has 0 saturated carbocycles. The Hall–Kier alpha value is -1.14. The third-order valence-electron chi connectivity index (χ3n) is 2.95. The minimum Gasteiger partial charge on any atom is -0.508 e. The Morgan fingerprint density at radius 3 is 2.19 bits per heavy atom. The molecule has 0 amide bonds. The summed E-state index contributed by atoms with van der Waals surface area (Å²) in [5.41, 5.74) is 0.764. The zero-order valence-corrected chi connectivity index (χ0v) is 8.61. The maximum absolute atomic E-state index is 9.80. The van der Waals surface area contributed by atoms with Crippen molar-refractivity contribution in [2.45, 2.75) is 24.3 Å². The van der Waals surface area contributed by atoms with E-state index in [1.807, 2.05) is 0 Å². The number of aromatic hydroxyl groups is 1. The van der Waals surface area contributed by atoms with Crippen molar-refractivity contribution in [3.8, 4) is 5.75 Å². The smallest absolute Gasteiger partial charge is 0.115 e. The number of rotatable bonds is 2. The van der Waals surface area contributed by atoms with Gasteiger partial charge in [-0.05, 0) is 17.7 Å². The van der Waals surface area contributed by atoms with Gasteiger partial charge >= 0.3 is 0 Å². The second kappa shape index (κ2) is 4.39. The van der Waals surface area contributed by atoms with Crippen LogP contribution in [0.4, 0.5) is 0 Å². The maximum Gasteiger partial charge on any atom is 0.115 e. The van der Waals surface area contributed by atoms with Crippen LogP contribution in [-0.4, -0.2) is 45.3 Å². The Balaban J connectivity index is 2.19. The van der Waals surface area contributed by atoms with Gasteiger partial charge in [0.25, 0.3) is 0 Å². The first-order valence-corrected chi connectivity index (χ1v) is 5.15. The summed E-state index contributed by atoms with van der Waals surface area (Å²) in [7, 11) is 0. The largest absolute Gasteiger partial charge is 0.508 e. The molecule has 5 nitrogen and oxygen atoms in total. The highest BCUT2D eigenvalue weighted by Crippen LogP contribution is 2.28. The van der Waals surface area contributed by atoms with Gasteiger partial charge in [0.15, 0.2) is 0 Å². The van der Waals surface area contributed by atoms with Gasteiger partial charge in [-0.3, -0.25) is 0 Å². The van der Waals surface area contributed by atoms with E-state index in [2.05, 4.69) is 5.32 Å². The lowest BCUT2D eigenvalue weighted by Crippen LogP contribution is -2.35. The van der Waals surface area contributed by atoms with Gasteiger partial charge in [-0.25, -0.2) is 0 Å². The Morgan fingerprint density at radius 1 is 1.06 bits per heavy atom. The van der Waals surface area contributed by atoms with Crippen LogP contribution in [0.2, 0.25) is 0 Å². The van der Waals surface area contributed by atoms with Gasteiger partial charge in [-0.15, -0.1) is 0 Å². The molecule has 2 rings (SSSR count). The summed E-state index contributed by atoms with van der Waals surface area (Å²) in [6.07, 6.45) is -1.94. The molecule has 1 saturated heterocycles. The van der Waals surface area contributed by atoms with Crippen LogP contribution in [0.3, 0.4) is 0 Å². The molecule has 1 heterocycles. The molecule has 1 aliphatic rings. The van der Waals surface area contributed by atoms with Crippen molar-refractivity contribution in [1.29, 1.82) is 0 Å². The summed E-state index contributed by atoms with van der Waals surface area (Å²) in [6.45, 7) is -0.229. The number of nitrogens with one attached hydrogen (secondary N) is 1. The highest BCUT2D eigenvalue weighted by molar-refractivity contribution is 5.30. The number of hydrogen-bond donors (Lipinski definition) is 5. The minimum atomic E-state index is -0.983. The minimum absolute atomic E-state index is 0.149. The molecule has 1 aliphatic heterocycles. The van der Waals surface area contributed by atoms with Crippen molar-refractivity contribution >= 4 is 0 Å². The number of benzene rings is 1. The van der Waals surface area contributed by atoms with Crippen LogP contribution in [0.1, 0.15) is 11.6 Å². The van der Waals surface area contributed by atoms with E-state index in [0.29, 0.717) is 0 Å². The third-order valence-corrected chi connectivity index (χ3v) is 2.95. The lowest BCUT2D eigenvalue weighted by molar-refractivity contribution is 0.0194. The summed E-state index contributed by atoms with van der Waals surface area (Å²) in [4.78, 5) is 0. The maximum atomic E-state index is 9.80. The van der Waals surface area contributed by atoms with Crippen molar-refractivity contribution in [1.82, 2.24) is 5.32 Å². The topological polar surface area (TPSA) is 93.0 Å². The molecule has 1 aromatic carbocycles. The molecular formula is C11H15NO4. The molecule has 1 aromatic rings. The zero-order chi connectivity index (χ0) is 11.7. The van der Waals surface area contributed by atoms with Crippen LogP contribution < -0.4 is 5.32 Å². The fraction of sp³-hybridized carbons (Fsp3) is 0.455. The van der Waals surface area contributed by atoms with Gasteiger partial charge in [0, 0.05) is 0 Å². The van der Waals surface area contributed by atoms with Gasteiger partial charge in [0.05, 0.1) is 24.8 Å². The summed E-state index contributed by atoms with van der Waals surface area (Å²) < 4.78 is 0. The van der Waals surface area contributed by atoms with E-state index in [4.69, 9.17) is 10.2 Å². The predicted molar refractivity (Wildman–Crippen MR) is 56.9 cm³/mol. The summed E-state index contributed by atoms with van der Waals surface area (Å²) in [5, 5.41) is 40.5. The number of hydrogen-bond acceptors (Lipinski definition) is 5. The summed E-state index contributed by atoms with van der Waals surface area (Å²) >= 11 is 0. The van der Waals surface area contributed by atoms with Crippen LogP contribution in [0.5, 0.6) is 5.75 Å². The third kappa shape index (κ3) is 1.90. The van der Waals surface area contributed by atoms with Crippen LogP contribution >= 0.6 is 0 Å². The zero-order valence-electron chi connectivity index (χ0n) is 8.61. The van der Waals surface area contributed by atoms with Crippen molar-refractivity contribution in [3.05, 3.63) is 29.8 Å². The lowest BCUT2D eigenvalue weighted by atomic mass is 10.0. The van der Waals surface area contributed by atoms with E-state index in [0.717, 1.165) is 5.56 Å². The average Bonchev–Trinajstić information content (AvgIpc) is 2.57. The van der Waals surface area contributed by atoms with Gasteiger partial charge in [0.2, 0.25) is 0 Å². The van der Waals surface area contributed by atoms with Crippen molar-refractivity contribution in [3.63, 3.8) is 0 Å². The second-order valence-electron chi connectivity index (χ2n) is 4.01. The van der Waals surface area contributed by atoms with E-state index in [-0.39, 0.29) is 12.4 Å². The van der Waals surface area contributed by atoms with Crippen LogP contribution in [-0.2, 0) is 0 Å². The normalized spacial score (nSPS) is 34.2. The Kier molecular flexibility index (Phi) is 3.11. The van der Waals surface area contributed by atoms with Crippen molar-refractivity contribution < 1.29 is 20.4 Å². The van der Waals surface area contributed by atoms with Crippen LogP contribution in [0, 0.1) is 0 Å². The SMILES string of the molecule is OC[C@@H]1N[C@H](c2ccc(O)cc2)[C@@H](O)[C@@H]1O. The number of aliphatic hydroxyl groups is 3. The standard InChI is InChI=1S/C11H15NO4/c13-5-8-10(15)11(16)9(12-8)6-1-3-7(14)4-2-6/h1-4,8-16H,5H2/t8-,9+,10+,11+/m0/s1. The van der Waals surface area contributed by atoms with E-state index >= 15 is 0 Å². The van der Waals surface area contributed by atoms with E-state index in [9.17, 15) is 10.2 Å². The fourth-order valence-electron chi connectivity index (χ4n) is 2.00. The summed E-state index contributed by atoms with van der Waals surface area (Å²) in [5.74, 6) is 0.149. The first kappa shape index (κ1) is 11.3. The predicted octanol–water partition coefficient (Wildman–Crippen LogP) is -0.881. The molecule has 0 bridgehead atoms. The molecule has 0 aliphatic carbocycles. The molecule has 5 N–H and O–H groups in total. The fourth-order valence-corrected chi connectivity index (χ4v) is 2.00. The van der Waals surface area contributed by atoms with Gasteiger partial charge in [0.1, 0.15) is 11.9 Å². The average molecular weight is 225 g/mol. The number of phenols is 1. The second-order valence-corrected chi connectivity index (χ2v) is 4.01. The first-order chi connectivity index (χ1) is 7.63. The van der Waals surface area contributed by atoms with Gasteiger partial charge < -0.3 is 25.7 Å². The monoisotopic (exact) mass is 225 g/mol. The van der Waals surface area contributed by atoms with Gasteiger partial charge in [-0.1, -0.05) is 12.1 Å². The molecule has 0 spiro atoms. The van der Waals surface area contributed by atoms with E-state index < -0.39 is 24.3 Å². The Morgan fingerprint density at radius 2 is 1.69 bits per heavy atom. The van der Waals surface area contributed by atoms with Crippen molar-refractivity contribution in [2.75, 3.05) is 6.61 Å². The quantitative estimate of drug-likeness (QED) is 0.451. The van der Waals surface area contributed by atoms with Crippen molar-refractivity contribution in [2.24, 2.45) is 0 Å². The molecule has 88 valence electrons. The molecule has 1 fully saturated rings. The molecule has 0 radical (unpaired) electrons. The van der Waals surface area contributed by atoms with Crippen LogP contribution in [0.15, 0.2) is 24.3 Å². The first-order valence-electron chi connectivity index (χ1n) is 5.15. The van der Waals surface area contributed by atoms with E-state index in [1.165, 1.54) is 12.1 Å². The molecule has 5 heteroatoms. The lowest BCUT2D eigenvalue weighted by Gasteiger charge is -2.16. The number of aliphatic hydroxyl groups excluding tert-OH is 3. The summed E-state index contributed by atoms with van der Waals surface area (Å²) in [6, 6.07) is 5.43. The molecule has 0 aromatic heterocycles. The van der Waals surface area contributed by atoms with Gasteiger partial charge in [-0.2, -0.15) is 0 Å². The molecule has 16 heavy (non-hydrogen) atoms. The Bertz CT molecular complexity index is 354. The molecule has 0 unspecified atom stereocenters. The highest BCUT2D eigenvalue weighted by Gasteiger charge is 2.41. The highest BCUT2D eigenvalue weighted by atomic mass is 16.3. The van der Waals surface area contributed by atoms with Crippen LogP contribution in [0.25, 0.3) is 0 Å². The molecular weight excluding hydrogens is 210 g/mol. The van der Waals surface area contributed by atoms with E-state index in [1.54, 1.807) is 12.1 Å². The molecule has 4 atom stereocenters. The number of phenolic OH excluding ortho intramolecular Hbond substituents is 1. The Labute approximate surface area is 93.0 Å².